The van der Waals surface area contributed by atoms with E-state index in [2.05, 4.69) is 20.9 Å². The molecule has 0 aliphatic rings. The van der Waals surface area contributed by atoms with Gasteiger partial charge in [0.1, 0.15) is 0 Å². The van der Waals surface area contributed by atoms with Crippen LogP contribution in [0, 0.1) is 10.1 Å². The maximum Gasteiger partial charge on any atom is 0.289 e. The Morgan fingerprint density at radius 2 is 2.19 bits per heavy atom. The van der Waals surface area contributed by atoms with Gasteiger partial charge in [-0.25, -0.2) is 13.4 Å². The molecule has 2 rings (SSSR count). The Morgan fingerprint density at radius 3 is 2.76 bits per heavy atom. The van der Waals surface area contributed by atoms with Gasteiger partial charge in [-0.3, -0.25) is 10.1 Å². The molecule has 112 valence electrons. The van der Waals surface area contributed by atoms with E-state index < -0.39 is 20.6 Å². The third-order valence-corrected chi connectivity index (χ3v) is 5.64. The van der Waals surface area contributed by atoms with Crippen LogP contribution in [-0.4, -0.2) is 29.7 Å². The molecule has 0 amide bonds. The monoisotopic (exact) mass is 391 g/mol. The number of aromatic nitrogens is 1. The molecule has 0 unspecified atom stereocenters. The Hall–Kier alpha value is -1.36. The van der Waals surface area contributed by atoms with Gasteiger partial charge in [0, 0.05) is 23.0 Å². The summed E-state index contributed by atoms with van der Waals surface area (Å²) in [6.07, 6.45) is 0. The largest absolute Gasteiger partial charge is 0.289 e. The Kier molecular flexibility index (Phi) is 4.71. The van der Waals surface area contributed by atoms with Gasteiger partial charge in [0.05, 0.1) is 22.7 Å². The summed E-state index contributed by atoms with van der Waals surface area (Å²) in [6, 6.07) is 3.82. The van der Waals surface area contributed by atoms with Crippen LogP contribution < -0.4 is 0 Å². The summed E-state index contributed by atoms with van der Waals surface area (Å²) in [5.74, 6) is 0. The maximum atomic E-state index is 12.5. The number of thiazole rings is 1. The summed E-state index contributed by atoms with van der Waals surface area (Å²) < 4.78 is 26.5. The zero-order chi connectivity index (χ0) is 15.6. The summed E-state index contributed by atoms with van der Waals surface area (Å²) in [4.78, 5) is 14.0. The molecule has 0 fully saturated rings. The van der Waals surface area contributed by atoms with Crippen molar-refractivity contribution < 1.29 is 13.3 Å². The van der Waals surface area contributed by atoms with Crippen LogP contribution in [-0.2, 0) is 16.6 Å². The van der Waals surface area contributed by atoms with Gasteiger partial charge >= 0.3 is 0 Å². The molecule has 21 heavy (non-hydrogen) atoms. The van der Waals surface area contributed by atoms with Crippen LogP contribution in [0.5, 0.6) is 0 Å². The Morgan fingerprint density at radius 1 is 1.48 bits per heavy atom. The number of nitrogens with zero attached hydrogens (tertiary/aromatic N) is 3. The number of rotatable bonds is 5. The zero-order valence-corrected chi connectivity index (χ0v) is 14.0. The molecular weight excluding hydrogens is 382 g/mol. The minimum Gasteiger partial charge on any atom is -0.258 e. The first kappa shape index (κ1) is 16.0. The molecule has 10 heteroatoms. The topological polar surface area (TPSA) is 93.4 Å². The molecule has 0 N–H and O–H groups in total. The molecule has 0 spiro atoms. The smallest absolute Gasteiger partial charge is 0.258 e. The summed E-state index contributed by atoms with van der Waals surface area (Å²) in [7, 11) is -2.63. The fourth-order valence-corrected chi connectivity index (χ4v) is 4.03. The van der Waals surface area contributed by atoms with Crippen LogP contribution in [0.1, 0.15) is 5.69 Å². The van der Waals surface area contributed by atoms with Gasteiger partial charge < -0.3 is 0 Å². The Balaban J connectivity index is 2.43. The predicted molar refractivity (Wildman–Crippen MR) is 81.6 cm³/mol. The molecular formula is C11H10BrN3O4S2. The number of nitro benzene ring substituents is 1. The fourth-order valence-electron chi connectivity index (χ4n) is 1.64. The van der Waals surface area contributed by atoms with Crippen molar-refractivity contribution in [1.29, 1.82) is 0 Å². The second-order valence-electron chi connectivity index (χ2n) is 4.11. The van der Waals surface area contributed by atoms with Crippen molar-refractivity contribution in [3.63, 3.8) is 0 Å². The first-order chi connectivity index (χ1) is 9.82. The minimum absolute atomic E-state index is 0.0511. The SMILES string of the molecule is CN(Cc1cscn1)S(=O)(=O)c1cc(Br)ccc1[N+](=O)[O-]. The lowest BCUT2D eigenvalue weighted by Crippen LogP contribution is -2.27. The molecule has 2 aromatic rings. The van der Waals surface area contributed by atoms with Gasteiger partial charge in [-0.05, 0) is 12.1 Å². The van der Waals surface area contributed by atoms with Gasteiger partial charge in [-0.15, -0.1) is 11.3 Å². The molecule has 0 aliphatic heterocycles. The highest BCUT2D eigenvalue weighted by Gasteiger charge is 2.30. The minimum atomic E-state index is -3.99. The molecule has 0 aliphatic carbocycles. The summed E-state index contributed by atoms with van der Waals surface area (Å²) >= 11 is 4.48. The average molecular weight is 392 g/mol. The number of benzene rings is 1. The molecule has 0 saturated heterocycles. The van der Waals surface area contributed by atoms with E-state index in [0.29, 0.717) is 10.2 Å². The maximum absolute atomic E-state index is 12.5. The van der Waals surface area contributed by atoms with E-state index in [4.69, 9.17) is 0 Å². The summed E-state index contributed by atoms with van der Waals surface area (Å²) in [5.41, 5.74) is 1.73. The molecule has 1 heterocycles. The highest BCUT2D eigenvalue weighted by molar-refractivity contribution is 9.10. The number of nitro groups is 1. The number of hydrogen-bond donors (Lipinski definition) is 0. The molecule has 0 atom stereocenters. The second-order valence-corrected chi connectivity index (χ2v) is 7.76. The van der Waals surface area contributed by atoms with E-state index in [9.17, 15) is 18.5 Å². The van der Waals surface area contributed by atoms with Crippen LogP contribution in [0.25, 0.3) is 0 Å². The Labute approximate surface area is 133 Å². The normalized spacial score (nSPS) is 11.8. The van der Waals surface area contributed by atoms with Crippen LogP contribution in [0.4, 0.5) is 5.69 Å². The van der Waals surface area contributed by atoms with Gasteiger partial charge in [0.2, 0.25) is 10.0 Å². The zero-order valence-electron chi connectivity index (χ0n) is 10.8. The molecule has 1 aromatic carbocycles. The third kappa shape index (κ3) is 3.46. The van der Waals surface area contributed by atoms with E-state index in [0.717, 1.165) is 10.4 Å². The summed E-state index contributed by atoms with van der Waals surface area (Å²) in [6.45, 7) is 0.0511. The number of sulfonamides is 1. The van der Waals surface area contributed by atoms with Crippen LogP contribution in [0.3, 0.4) is 0 Å². The first-order valence-corrected chi connectivity index (χ1v) is 8.77. The van der Waals surface area contributed by atoms with Crippen LogP contribution in [0.15, 0.2) is 38.5 Å². The highest BCUT2D eigenvalue weighted by Crippen LogP contribution is 2.29. The number of halogens is 1. The van der Waals surface area contributed by atoms with Crippen molar-refractivity contribution >= 4 is 43.0 Å². The van der Waals surface area contributed by atoms with Gasteiger partial charge in [0.25, 0.3) is 5.69 Å². The quantitative estimate of drug-likeness (QED) is 0.576. The average Bonchev–Trinajstić information content (AvgIpc) is 2.91. The van der Waals surface area contributed by atoms with Crippen LogP contribution in [0.2, 0.25) is 0 Å². The van der Waals surface area contributed by atoms with Crippen molar-refractivity contribution in [2.75, 3.05) is 7.05 Å². The lowest BCUT2D eigenvalue weighted by Gasteiger charge is -2.16. The standard InChI is InChI=1S/C11H10BrN3O4S2/c1-14(5-9-6-20-7-13-9)21(18,19)11-4-8(12)2-3-10(11)15(16)17/h2-4,6-7H,5H2,1H3. The molecule has 7 nitrogen and oxygen atoms in total. The lowest BCUT2D eigenvalue weighted by molar-refractivity contribution is -0.387. The first-order valence-electron chi connectivity index (χ1n) is 5.59. The van der Waals surface area contributed by atoms with Crippen molar-refractivity contribution in [3.05, 3.63) is 49.4 Å². The molecule has 0 saturated carbocycles. The van der Waals surface area contributed by atoms with Crippen molar-refractivity contribution in [2.45, 2.75) is 11.4 Å². The van der Waals surface area contributed by atoms with E-state index in [-0.39, 0.29) is 11.4 Å². The molecule has 1 aromatic heterocycles. The molecule has 0 bridgehead atoms. The van der Waals surface area contributed by atoms with Gasteiger partial charge in [-0.2, -0.15) is 4.31 Å². The molecule has 0 radical (unpaired) electrons. The van der Waals surface area contributed by atoms with E-state index in [1.54, 1.807) is 10.9 Å². The number of hydrogen-bond acceptors (Lipinski definition) is 6. The van der Waals surface area contributed by atoms with Crippen molar-refractivity contribution in [3.8, 4) is 0 Å². The fraction of sp³-hybridized carbons (Fsp3) is 0.182. The van der Waals surface area contributed by atoms with E-state index >= 15 is 0 Å². The second kappa shape index (κ2) is 6.18. The summed E-state index contributed by atoms with van der Waals surface area (Å²) in [5, 5.41) is 12.7. The van der Waals surface area contributed by atoms with Crippen molar-refractivity contribution in [2.24, 2.45) is 0 Å². The van der Waals surface area contributed by atoms with E-state index in [1.165, 1.54) is 30.5 Å². The van der Waals surface area contributed by atoms with E-state index in [1.807, 2.05) is 0 Å². The van der Waals surface area contributed by atoms with Crippen LogP contribution >= 0.6 is 27.3 Å². The lowest BCUT2D eigenvalue weighted by atomic mass is 10.3. The predicted octanol–water partition coefficient (Wildman–Crippen LogP) is 2.63. The van der Waals surface area contributed by atoms with Gasteiger partial charge in [-0.1, -0.05) is 15.9 Å². The van der Waals surface area contributed by atoms with Gasteiger partial charge in [0.15, 0.2) is 4.90 Å². The highest BCUT2D eigenvalue weighted by atomic mass is 79.9. The Bertz CT molecular complexity index is 762. The van der Waals surface area contributed by atoms with Crippen molar-refractivity contribution in [1.82, 2.24) is 9.29 Å². The third-order valence-electron chi connectivity index (χ3n) is 2.67.